The van der Waals surface area contributed by atoms with Crippen molar-refractivity contribution in [3.8, 4) is 0 Å². The van der Waals surface area contributed by atoms with Gasteiger partial charge in [-0.15, -0.1) is 0 Å². The summed E-state index contributed by atoms with van der Waals surface area (Å²) < 4.78 is 43.6. The van der Waals surface area contributed by atoms with Crippen LogP contribution in [0.2, 0.25) is 5.02 Å². The maximum atomic E-state index is 13.0. The minimum atomic E-state index is -4.60. The molecule has 1 aliphatic heterocycles. The molecule has 0 saturated carbocycles. The molecule has 0 bridgehead atoms. The van der Waals surface area contributed by atoms with Crippen molar-refractivity contribution in [2.45, 2.75) is 12.6 Å². The summed E-state index contributed by atoms with van der Waals surface area (Å²) in [4.78, 5) is 50.8. The zero-order chi connectivity index (χ0) is 29.2. The van der Waals surface area contributed by atoms with Crippen molar-refractivity contribution in [3.63, 3.8) is 0 Å². The number of halogens is 5. The maximum Gasteiger partial charge on any atom is 0.416 e. The molecular formula is C27H18Cl2F3N3O5. The minimum Gasteiger partial charge on any atom is -0.465 e. The zero-order valence-corrected chi connectivity index (χ0v) is 21.9. The average molecular weight is 592 g/mol. The van der Waals surface area contributed by atoms with E-state index in [2.05, 4.69) is 15.4 Å². The van der Waals surface area contributed by atoms with Crippen molar-refractivity contribution in [3.05, 3.63) is 99.2 Å². The Morgan fingerprint density at radius 3 is 2.30 bits per heavy atom. The van der Waals surface area contributed by atoms with Crippen molar-refractivity contribution >= 4 is 64.0 Å². The second-order valence-electron chi connectivity index (χ2n) is 8.42. The number of nitrogens with zero attached hydrogens (tertiary/aromatic N) is 1. The molecule has 0 atom stereocenters. The standard InChI is InChI=1S/C27H18Cl2F3N3O5/c1-40-26(39)15-3-2-4-18(12-15)35-24(37)22(29)23(25(35)38)33-17-8-5-14(6-9-17)11-21(36)34-20-13-16(27(30,31)32)7-10-19(20)28/h2-10,12-13,33H,11H2,1H3,(H,34,36). The molecule has 3 aromatic carbocycles. The Morgan fingerprint density at radius 2 is 1.65 bits per heavy atom. The number of amides is 3. The highest BCUT2D eigenvalue weighted by Gasteiger charge is 2.39. The summed E-state index contributed by atoms with van der Waals surface area (Å²) >= 11 is 12.1. The van der Waals surface area contributed by atoms with E-state index in [9.17, 15) is 32.3 Å². The normalized spacial score (nSPS) is 13.5. The molecular weight excluding hydrogens is 574 g/mol. The van der Waals surface area contributed by atoms with Gasteiger partial charge in [0.2, 0.25) is 5.91 Å². The molecule has 0 saturated heterocycles. The lowest BCUT2D eigenvalue weighted by atomic mass is 10.1. The molecule has 3 amide bonds. The molecule has 0 spiro atoms. The Balaban J connectivity index is 1.43. The number of methoxy groups -OCH3 is 1. The van der Waals surface area contributed by atoms with Crippen molar-refractivity contribution in [2.24, 2.45) is 0 Å². The number of rotatable bonds is 7. The van der Waals surface area contributed by atoms with Gasteiger partial charge in [0, 0.05) is 5.69 Å². The second kappa shape index (κ2) is 11.4. The quantitative estimate of drug-likeness (QED) is 0.267. The first-order chi connectivity index (χ1) is 18.9. The highest BCUT2D eigenvalue weighted by molar-refractivity contribution is 6.53. The number of nitrogens with one attached hydrogen (secondary N) is 2. The lowest BCUT2D eigenvalue weighted by Gasteiger charge is -2.16. The van der Waals surface area contributed by atoms with Crippen LogP contribution in [-0.2, 0) is 31.7 Å². The van der Waals surface area contributed by atoms with Gasteiger partial charge in [-0.25, -0.2) is 9.69 Å². The molecule has 2 N–H and O–H groups in total. The van der Waals surface area contributed by atoms with Crippen LogP contribution in [0, 0.1) is 0 Å². The van der Waals surface area contributed by atoms with Crippen LogP contribution in [-0.4, -0.2) is 30.8 Å². The van der Waals surface area contributed by atoms with Crippen LogP contribution in [0.3, 0.4) is 0 Å². The van der Waals surface area contributed by atoms with Crippen molar-refractivity contribution in [1.82, 2.24) is 0 Å². The smallest absolute Gasteiger partial charge is 0.416 e. The van der Waals surface area contributed by atoms with E-state index in [1.807, 2.05) is 0 Å². The number of anilines is 3. The molecule has 40 heavy (non-hydrogen) atoms. The molecule has 0 radical (unpaired) electrons. The van der Waals surface area contributed by atoms with Crippen LogP contribution >= 0.6 is 23.2 Å². The van der Waals surface area contributed by atoms with Gasteiger partial charge < -0.3 is 15.4 Å². The number of hydrogen-bond acceptors (Lipinski definition) is 6. The third-order valence-corrected chi connectivity index (χ3v) is 6.39. The third kappa shape index (κ3) is 6.11. The first kappa shape index (κ1) is 28.7. The Kier molecular flexibility index (Phi) is 8.17. The SMILES string of the molecule is COC(=O)c1cccc(N2C(=O)C(Cl)=C(Nc3ccc(CC(=O)Nc4cc(C(F)(F)F)ccc4Cl)cc3)C2=O)c1. The largest absolute Gasteiger partial charge is 0.465 e. The summed E-state index contributed by atoms with van der Waals surface area (Å²) in [6.07, 6.45) is -4.78. The van der Waals surface area contributed by atoms with Crippen LogP contribution in [0.5, 0.6) is 0 Å². The second-order valence-corrected chi connectivity index (χ2v) is 9.20. The van der Waals surface area contributed by atoms with E-state index in [-0.39, 0.29) is 39.1 Å². The van der Waals surface area contributed by atoms with E-state index >= 15 is 0 Å². The van der Waals surface area contributed by atoms with Crippen molar-refractivity contribution < 1.29 is 37.1 Å². The molecule has 206 valence electrons. The lowest BCUT2D eigenvalue weighted by Crippen LogP contribution is -2.32. The predicted molar refractivity (Wildman–Crippen MR) is 142 cm³/mol. The Hall–Kier alpha value is -4.35. The number of carbonyl (C=O) groups is 4. The summed E-state index contributed by atoms with van der Waals surface area (Å²) in [5, 5.41) is 4.74. The topological polar surface area (TPSA) is 105 Å². The number of esters is 1. The fourth-order valence-corrected chi connectivity index (χ4v) is 4.14. The maximum absolute atomic E-state index is 13.0. The van der Waals surface area contributed by atoms with Gasteiger partial charge in [0.05, 0.1) is 41.1 Å². The van der Waals surface area contributed by atoms with E-state index in [1.54, 1.807) is 12.1 Å². The number of alkyl halides is 3. The van der Waals surface area contributed by atoms with Gasteiger partial charge in [-0.2, -0.15) is 13.2 Å². The van der Waals surface area contributed by atoms with Gasteiger partial charge in [0.15, 0.2) is 0 Å². The van der Waals surface area contributed by atoms with Crippen LogP contribution in [0.15, 0.2) is 77.5 Å². The molecule has 8 nitrogen and oxygen atoms in total. The number of ether oxygens (including phenoxy) is 1. The lowest BCUT2D eigenvalue weighted by molar-refractivity contribution is -0.137. The monoisotopic (exact) mass is 591 g/mol. The number of hydrogen-bond donors (Lipinski definition) is 2. The van der Waals surface area contributed by atoms with Gasteiger partial charge in [-0.3, -0.25) is 14.4 Å². The van der Waals surface area contributed by atoms with Gasteiger partial charge in [-0.05, 0) is 54.1 Å². The van der Waals surface area contributed by atoms with Crippen LogP contribution < -0.4 is 15.5 Å². The van der Waals surface area contributed by atoms with E-state index < -0.39 is 35.4 Å². The molecule has 0 fully saturated rings. The highest BCUT2D eigenvalue weighted by atomic mass is 35.5. The Morgan fingerprint density at radius 1 is 0.950 bits per heavy atom. The summed E-state index contributed by atoms with van der Waals surface area (Å²) in [5.74, 6) is -2.80. The third-order valence-electron chi connectivity index (χ3n) is 5.71. The molecule has 1 heterocycles. The summed E-state index contributed by atoms with van der Waals surface area (Å²) in [7, 11) is 1.20. The zero-order valence-electron chi connectivity index (χ0n) is 20.4. The molecule has 4 rings (SSSR count). The van der Waals surface area contributed by atoms with E-state index in [0.29, 0.717) is 11.3 Å². The number of benzene rings is 3. The van der Waals surface area contributed by atoms with Gasteiger partial charge in [-0.1, -0.05) is 41.4 Å². The van der Waals surface area contributed by atoms with E-state index in [0.717, 1.165) is 23.1 Å². The van der Waals surface area contributed by atoms with Gasteiger partial charge in [0.25, 0.3) is 11.8 Å². The number of carbonyl (C=O) groups excluding carboxylic acids is 4. The molecule has 3 aromatic rings. The summed E-state index contributed by atoms with van der Waals surface area (Å²) in [5.41, 5.74) is -0.202. The van der Waals surface area contributed by atoms with Gasteiger partial charge >= 0.3 is 12.1 Å². The minimum absolute atomic E-state index is 0.0482. The predicted octanol–water partition coefficient (Wildman–Crippen LogP) is 5.76. The molecule has 0 aliphatic carbocycles. The van der Waals surface area contributed by atoms with Crippen LogP contribution in [0.1, 0.15) is 21.5 Å². The van der Waals surface area contributed by atoms with Crippen molar-refractivity contribution in [1.29, 1.82) is 0 Å². The van der Waals surface area contributed by atoms with E-state index in [1.165, 1.54) is 43.5 Å². The summed E-state index contributed by atoms with van der Waals surface area (Å²) in [6.45, 7) is 0. The molecule has 0 unspecified atom stereocenters. The molecule has 0 aromatic heterocycles. The first-order valence-electron chi connectivity index (χ1n) is 11.4. The average Bonchev–Trinajstić information content (AvgIpc) is 3.12. The first-order valence-corrected chi connectivity index (χ1v) is 12.1. The van der Waals surface area contributed by atoms with Crippen LogP contribution in [0.4, 0.5) is 30.2 Å². The Labute approximate surface area is 235 Å². The summed E-state index contributed by atoms with van der Waals surface area (Å²) in [6, 6.07) is 14.5. The van der Waals surface area contributed by atoms with Crippen molar-refractivity contribution in [2.75, 3.05) is 22.6 Å². The van der Waals surface area contributed by atoms with Gasteiger partial charge in [0.1, 0.15) is 10.7 Å². The highest BCUT2D eigenvalue weighted by Crippen LogP contribution is 2.34. The van der Waals surface area contributed by atoms with Crippen LogP contribution in [0.25, 0.3) is 0 Å². The van der Waals surface area contributed by atoms with E-state index in [4.69, 9.17) is 23.2 Å². The fourth-order valence-electron chi connectivity index (χ4n) is 3.76. The number of imide groups is 1. The Bertz CT molecular complexity index is 1560. The fraction of sp³-hybridized carbons (Fsp3) is 0.111. The molecule has 13 heteroatoms. The molecule has 1 aliphatic rings.